The Hall–Kier alpha value is -2.02. The maximum atomic E-state index is 10.1. The number of carbonyl (C=O) groups is 4. The summed E-state index contributed by atoms with van der Waals surface area (Å²) in [4.78, 5) is 40.5. The molecule has 0 atom stereocenters. The van der Waals surface area contributed by atoms with Gasteiger partial charge in [-0.1, -0.05) is 5.57 Å². The van der Waals surface area contributed by atoms with Gasteiger partial charge < -0.3 is 6.15 Å². The summed E-state index contributed by atoms with van der Waals surface area (Å²) in [5.74, 6) is -0.593. The minimum Gasteiger partial charge on any atom is -0.344 e. The first-order valence-corrected chi connectivity index (χ1v) is 5.58. The number of imide groups is 2. The summed E-state index contributed by atoms with van der Waals surface area (Å²) in [5.41, 5.74) is 1.17. The third-order valence-electron chi connectivity index (χ3n) is 1.72. The second-order valence-electron chi connectivity index (χ2n) is 4.15. The molecular formula is C12H21N3O4. The second kappa shape index (κ2) is 9.95. The van der Waals surface area contributed by atoms with Gasteiger partial charge >= 0.3 is 0 Å². The van der Waals surface area contributed by atoms with Gasteiger partial charge in [0.05, 0.1) is 0 Å². The van der Waals surface area contributed by atoms with E-state index in [2.05, 4.69) is 17.2 Å². The number of allylic oxidation sites excluding steroid dienone is 1. The SMILES string of the molecule is C=C(C)C.N.O=C1CCC(=O)N1.O=C1CCC(=O)N1. The molecular weight excluding hydrogens is 250 g/mol. The third-order valence-corrected chi connectivity index (χ3v) is 1.72. The van der Waals surface area contributed by atoms with Gasteiger partial charge in [-0.25, -0.2) is 0 Å². The summed E-state index contributed by atoms with van der Waals surface area (Å²) in [6, 6.07) is 0. The molecule has 5 N–H and O–H groups in total. The van der Waals surface area contributed by atoms with E-state index in [0.29, 0.717) is 25.7 Å². The van der Waals surface area contributed by atoms with Crippen LogP contribution in [0, 0.1) is 0 Å². The van der Waals surface area contributed by atoms with Crippen LogP contribution in [-0.2, 0) is 19.2 Å². The first-order chi connectivity index (χ1) is 8.31. The molecule has 19 heavy (non-hydrogen) atoms. The molecule has 0 bridgehead atoms. The molecule has 2 rings (SSSR count). The molecule has 0 saturated carbocycles. The van der Waals surface area contributed by atoms with Crippen LogP contribution in [0.15, 0.2) is 12.2 Å². The van der Waals surface area contributed by atoms with Crippen LogP contribution in [0.4, 0.5) is 0 Å². The average Bonchev–Trinajstić information content (AvgIpc) is 2.76. The van der Waals surface area contributed by atoms with Crippen molar-refractivity contribution in [3.05, 3.63) is 12.2 Å². The quantitative estimate of drug-likeness (QED) is 0.439. The third kappa shape index (κ3) is 12.2. The Bertz CT molecular complexity index is 315. The van der Waals surface area contributed by atoms with Crippen molar-refractivity contribution in [3.8, 4) is 0 Å². The van der Waals surface area contributed by atoms with Gasteiger partial charge in [-0.15, -0.1) is 6.58 Å². The predicted octanol–water partition coefficient (Wildman–Crippen LogP) is 0.590. The monoisotopic (exact) mass is 271 g/mol. The van der Waals surface area contributed by atoms with E-state index < -0.39 is 0 Å². The van der Waals surface area contributed by atoms with Crippen LogP contribution in [0.25, 0.3) is 0 Å². The minimum absolute atomic E-state index is 0. The fourth-order valence-electron chi connectivity index (χ4n) is 1.02. The summed E-state index contributed by atoms with van der Waals surface area (Å²) < 4.78 is 0. The standard InChI is InChI=1S/2C4H5NO2.C4H8.H3N/c2*6-3-1-2-4(7)5-3;1-4(2)3;/h2*1-2H2,(H,5,6,7);1H2,2-3H3;1H3. The van der Waals surface area contributed by atoms with Gasteiger partial charge in [0.1, 0.15) is 0 Å². The lowest BCUT2D eigenvalue weighted by molar-refractivity contribution is -0.126. The van der Waals surface area contributed by atoms with E-state index in [0.717, 1.165) is 0 Å². The van der Waals surface area contributed by atoms with Gasteiger partial charge in [-0.2, -0.15) is 0 Å². The van der Waals surface area contributed by atoms with Crippen molar-refractivity contribution in [2.45, 2.75) is 39.5 Å². The first kappa shape index (κ1) is 19.3. The topological polar surface area (TPSA) is 127 Å². The van der Waals surface area contributed by atoms with Crippen LogP contribution in [0.2, 0.25) is 0 Å². The number of hydrogen-bond acceptors (Lipinski definition) is 5. The maximum absolute atomic E-state index is 10.1. The Morgan fingerprint density at radius 2 is 0.947 bits per heavy atom. The first-order valence-electron chi connectivity index (χ1n) is 5.58. The fraction of sp³-hybridized carbons (Fsp3) is 0.500. The van der Waals surface area contributed by atoms with Crippen LogP contribution in [0.3, 0.4) is 0 Å². The molecule has 0 unspecified atom stereocenters. The summed E-state index contributed by atoms with van der Waals surface area (Å²) >= 11 is 0. The Kier molecular flexibility index (Phi) is 10.1. The summed E-state index contributed by atoms with van der Waals surface area (Å²) in [7, 11) is 0. The largest absolute Gasteiger partial charge is 0.344 e. The molecule has 2 aliphatic rings. The van der Waals surface area contributed by atoms with E-state index in [-0.39, 0.29) is 29.8 Å². The highest BCUT2D eigenvalue weighted by Crippen LogP contribution is 1.96. The van der Waals surface area contributed by atoms with Crippen molar-refractivity contribution in [2.75, 3.05) is 0 Å². The van der Waals surface area contributed by atoms with Gasteiger partial charge in [0.2, 0.25) is 23.6 Å². The van der Waals surface area contributed by atoms with E-state index >= 15 is 0 Å². The van der Waals surface area contributed by atoms with Gasteiger partial charge in [-0.05, 0) is 13.8 Å². The van der Waals surface area contributed by atoms with Crippen LogP contribution in [0.1, 0.15) is 39.5 Å². The van der Waals surface area contributed by atoms with E-state index in [1.807, 2.05) is 13.8 Å². The lowest BCUT2D eigenvalue weighted by Gasteiger charge is -1.79. The van der Waals surface area contributed by atoms with Crippen molar-refractivity contribution in [1.29, 1.82) is 0 Å². The van der Waals surface area contributed by atoms with Crippen molar-refractivity contribution in [1.82, 2.24) is 16.8 Å². The molecule has 0 spiro atoms. The molecule has 7 nitrogen and oxygen atoms in total. The number of nitrogens with one attached hydrogen (secondary N) is 2. The molecule has 0 aromatic heterocycles. The number of amides is 4. The molecule has 2 saturated heterocycles. The Morgan fingerprint density at radius 3 is 1.00 bits per heavy atom. The Morgan fingerprint density at radius 1 is 0.789 bits per heavy atom. The predicted molar refractivity (Wildman–Crippen MR) is 70.3 cm³/mol. The molecule has 108 valence electrons. The van der Waals surface area contributed by atoms with E-state index in [4.69, 9.17) is 0 Å². The van der Waals surface area contributed by atoms with E-state index in [1.165, 1.54) is 5.57 Å². The average molecular weight is 271 g/mol. The van der Waals surface area contributed by atoms with Crippen LogP contribution < -0.4 is 16.8 Å². The lowest BCUT2D eigenvalue weighted by atomic mass is 10.4. The van der Waals surface area contributed by atoms with Gasteiger partial charge in [-0.3, -0.25) is 29.8 Å². The van der Waals surface area contributed by atoms with Crippen LogP contribution in [0.5, 0.6) is 0 Å². The second-order valence-corrected chi connectivity index (χ2v) is 4.15. The van der Waals surface area contributed by atoms with Gasteiger partial charge in [0.15, 0.2) is 0 Å². The molecule has 2 heterocycles. The molecule has 2 aliphatic heterocycles. The van der Waals surface area contributed by atoms with Crippen LogP contribution in [-0.4, -0.2) is 23.6 Å². The molecule has 2 fully saturated rings. The maximum Gasteiger partial charge on any atom is 0.227 e. The summed E-state index contributed by atoms with van der Waals surface area (Å²) in [6.07, 6.45) is 1.50. The molecule has 0 aliphatic carbocycles. The molecule has 0 aromatic carbocycles. The highest BCUT2D eigenvalue weighted by atomic mass is 16.2. The number of carbonyl (C=O) groups excluding carboxylic acids is 4. The highest BCUT2D eigenvalue weighted by Gasteiger charge is 2.16. The van der Waals surface area contributed by atoms with Crippen molar-refractivity contribution < 1.29 is 19.2 Å². The molecule has 4 amide bonds. The lowest BCUT2D eigenvalue weighted by Crippen LogP contribution is -2.18. The van der Waals surface area contributed by atoms with Crippen molar-refractivity contribution >= 4 is 23.6 Å². The molecule has 7 heteroatoms. The zero-order chi connectivity index (χ0) is 14.1. The normalized spacial score (nSPS) is 16.1. The summed E-state index contributed by atoms with van der Waals surface area (Å²) in [5, 5.41) is 4.28. The van der Waals surface area contributed by atoms with E-state index in [1.54, 1.807) is 0 Å². The van der Waals surface area contributed by atoms with Crippen molar-refractivity contribution in [2.24, 2.45) is 0 Å². The number of rotatable bonds is 0. The smallest absolute Gasteiger partial charge is 0.227 e. The molecule has 0 radical (unpaired) electrons. The summed E-state index contributed by atoms with van der Waals surface area (Å²) in [6.45, 7) is 7.50. The zero-order valence-electron chi connectivity index (χ0n) is 11.4. The number of hydrogen-bond donors (Lipinski definition) is 3. The Labute approximate surface area is 112 Å². The van der Waals surface area contributed by atoms with Gasteiger partial charge in [0, 0.05) is 25.7 Å². The van der Waals surface area contributed by atoms with Crippen molar-refractivity contribution in [3.63, 3.8) is 0 Å². The minimum atomic E-state index is -0.148. The van der Waals surface area contributed by atoms with Crippen LogP contribution >= 0.6 is 0 Å². The van der Waals surface area contributed by atoms with E-state index in [9.17, 15) is 19.2 Å². The van der Waals surface area contributed by atoms with Gasteiger partial charge in [0.25, 0.3) is 0 Å². The Balaban J connectivity index is 0. The fourth-order valence-corrected chi connectivity index (χ4v) is 1.02. The highest BCUT2D eigenvalue weighted by molar-refractivity contribution is 6.02. The molecule has 0 aromatic rings. The zero-order valence-corrected chi connectivity index (χ0v) is 11.4.